The SMILES string of the molecule is CCC(C)c1ccc(Cl)cc1C(F)(F)F. The summed E-state index contributed by atoms with van der Waals surface area (Å²) in [7, 11) is 0. The third kappa shape index (κ3) is 2.88. The van der Waals surface area contributed by atoms with Crippen LogP contribution in [0.4, 0.5) is 13.2 Å². The molecule has 0 aromatic heterocycles. The highest BCUT2D eigenvalue weighted by molar-refractivity contribution is 6.30. The summed E-state index contributed by atoms with van der Waals surface area (Å²) in [5.41, 5.74) is -0.307. The van der Waals surface area contributed by atoms with Gasteiger partial charge in [0.2, 0.25) is 0 Å². The van der Waals surface area contributed by atoms with Gasteiger partial charge in [0.05, 0.1) is 5.56 Å². The maximum atomic E-state index is 12.7. The Balaban J connectivity index is 3.27. The summed E-state index contributed by atoms with van der Waals surface area (Å²) < 4.78 is 38.0. The third-order valence-electron chi connectivity index (χ3n) is 2.46. The van der Waals surface area contributed by atoms with Gasteiger partial charge in [0.25, 0.3) is 0 Å². The van der Waals surface area contributed by atoms with Crippen molar-refractivity contribution < 1.29 is 13.2 Å². The lowest BCUT2D eigenvalue weighted by molar-refractivity contribution is -0.138. The zero-order valence-corrected chi connectivity index (χ0v) is 9.28. The lowest BCUT2D eigenvalue weighted by Gasteiger charge is -2.17. The fraction of sp³-hybridized carbons (Fsp3) is 0.455. The van der Waals surface area contributed by atoms with Crippen LogP contribution in [0.15, 0.2) is 18.2 Å². The van der Waals surface area contributed by atoms with Crippen LogP contribution in [0.25, 0.3) is 0 Å². The van der Waals surface area contributed by atoms with Crippen LogP contribution in [0.2, 0.25) is 5.02 Å². The van der Waals surface area contributed by atoms with Gasteiger partial charge in [0.15, 0.2) is 0 Å². The predicted molar refractivity (Wildman–Crippen MR) is 55.2 cm³/mol. The van der Waals surface area contributed by atoms with Gasteiger partial charge in [0.1, 0.15) is 0 Å². The molecule has 0 aliphatic heterocycles. The Bertz CT molecular complexity index is 344. The molecule has 0 bridgehead atoms. The third-order valence-corrected chi connectivity index (χ3v) is 2.70. The van der Waals surface area contributed by atoms with Crippen molar-refractivity contribution in [3.8, 4) is 0 Å². The van der Waals surface area contributed by atoms with E-state index in [1.54, 1.807) is 6.92 Å². The van der Waals surface area contributed by atoms with Crippen molar-refractivity contribution in [1.29, 1.82) is 0 Å². The summed E-state index contributed by atoms with van der Waals surface area (Å²) in [4.78, 5) is 0. The van der Waals surface area contributed by atoms with Crippen molar-refractivity contribution in [1.82, 2.24) is 0 Å². The monoisotopic (exact) mass is 236 g/mol. The summed E-state index contributed by atoms with van der Waals surface area (Å²) in [5.74, 6) is -0.112. The first kappa shape index (κ1) is 12.4. The molecule has 0 N–H and O–H groups in total. The average Bonchev–Trinajstić information content (AvgIpc) is 2.15. The van der Waals surface area contributed by atoms with E-state index >= 15 is 0 Å². The quantitative estimate of drug-likeness (QED) is 0.687. The minimum Gasteiger partial charge on any atom is -0.166 e. The zero-order chi connectivity index (χ0) is 11.6. The molecular formula is C11H12ClF3. The molecule has 0 saturated carbocycles. The molecule has 1 atom stereocenters. The largest absolute Gasteiger partial charge is 0.416 e. The lowest BCUT2D eigenvalue weighted by Crippen LogP contribution is -2.10. The summed E-state index contributed by atoms with van der Waals surface area (Å²) in [6, 6.07) is 3.95. The predicted octanol–water partition coefficient (Wildman–Crippen LogP) is 4.87. The second kappa shape index (κ2) is 4.44. The van der Waals surface area contributed by atoms with Crippen LogP contribution in [-0.2, 0) is 6.18 Å². The summed E-state index contributed by atoms with van der Waals surface area (Å²) in [6.45, 7) is 3.64. The van der Waals surface area contributed by atoms with Gasteiger partial charge < -0.3 is 0 Å². The van der Waals surface area contributed by atoms with Crippen LogP contribution in [0.1, 0.15) is 37.3 Å². The van der Waals surface area contributed by atoms with Crippen LogP contribution in [0.5, 0.6) is 0 Å². The van der Waals surface area contributed by atoms with E-state index in [9.17, 15) is 13.2 Å². The zero-order valence-electron chi connectivity index (χ0n) is 8.53. The first-order valence-electron chi connectivity index (χ1n) is 4.73. The molecule has 0 aliphatic rings. The standard InChI is InChI=1S/C11H12ClF3/c1-3-7(2)9-5-4-8(12)6-10(9)11(13,14)15/h4-7H,3H2,1-2H3. The van der Waals surface area contributed by atoms with E-state index < -0.39 is 11.7 Å². The number of rotatable bonds is 2. The van der Waals surface area contributed by atoms with E-state index in [2.05, 4.69) is 0 Å². The Hall–Kier alpha value is -0.700. The molecule has 1 unspecified atom stereocenters. The van der Waals surface area contributed by atoms with Gasteiger partial charge in [-0.3, -0.25) is 0 Å². The molecule has 0 aliphatic carbocycles. The van der Waals surface area contributed by atoms with Gasteiger partial charge in [-0.15, -0.1) is 0 Å². The van der Waals surface area contributed by atoms with E-state index in [1.165, 1.54) is 12.1 Å². The molecule has 0 nitrogen and oxygen atoms in total. The highest BCUT2D eigenvalue weighted by atomic mass is 35.5. The van der Waals surface area contributed by atoms with Crippen LogP contribution in [0, 0.1) is 0 Å². The number of halogens is 4. The Morgan fingerprint density at radius 1 is 1.33 bits per heavy atom. The van der Waals surface area contributed by atoms with Crippen molar-refractivity contribution >= 4 is 11.6 Å². The molecule has 0 radical (unpaired) electrons. The number of alkyl halides is 3. The molecule has 0 fully saturated rings. The molecule has 0 amide bonds. The second-order valence-corrected chi connectivity index (χ2v) is 3.98. The summed E-state index contributed by atoms with van der Waals surface area (Å²) in [5, 5.41) is 0.120. The fourth-order valence-corrected chi connectivity index (χ4v) is 1.60. The van der Waals surface area contributed by atoms with E-state index in [4.69, 9.17) is 11.6 Å². The maximum absolute atomic E-state index is 12.7. The van der Waals surface area contributed by atoms with Gasteiger partial charge in [0, 0.05) is 5.02 Å². The highest BCUT2D eigenvalue weighted by Crippen LogP contribution is 2.37. The minimum absolute atomic E-state index is 0.112. The van der Waals surface area contributed by atoms with Crippen molar-refractivity contribution in [3.05, 3.63) is 34.3 Å². The molecule has 1 rings (SSSR count). The number of hydrogen-bond acceptors (Lipinski definition) is 0. The molecular weight excluding hydrogens is 225 g/mol. The normalized spacial score (nSPS) is 14.0. The first-order valence-corrected chi connectivity index (χ1v) is 5.10. The molecule has 84 valence electrons. The van der Waals surface area contributed by atoms with Gasteiger partial charge in [-0.25, -0.2) is 0 Å². The van der Waals surface area contributed by atoms with Gasteiger partial charge in [-0.1, -0.05) is 31.5 Å². The Morgan fingerprint density at radius 3 is 2.40 bits per heavy atom. The van der Waals surface area contributed by atoms with Crippen LogP contribution >= 0.6 is 11.6 Å². The average molecular weight is 237 g/mol. The van der Waals surface area contributed by atoms with E-state index in [1.807, 2.05) is 6.92 Å². The Kier molecular flexibility index (Phi) is 3.66. The number of hydrogen-bond donors (Lipinski definition) is 0. The first-order chi connectivity index (χ1) is 6.86. The summed E-state index contributed by atoms with van der Waals surface area (Å²) >= 11 is 5.57. The molecule has 15 heavy (non-hydrogen) atoms. The van der Waals surface area contributed by atoms with Gasteiger partial charge in [-0.2, -0.15) is 13.2 Å². The Morgan fingerprint density at radius 2 is 1.93 bits per heavy atom. The van der Waals surface area contributed by atoms with E-state index in [-0.39, 0.29) is 10.9 Å². The minimum atomic E-state index is -4.33. The van der Waals surface area contributed by atoms with Crippen molar-refractivity contribution in [2.24, 2.45) is 0 Å². The topological polar surface area (TPSA) is 0 Å². The van der Waals surface area contributed by atoms with Crippen molar-refractivity contribution in [3.63, 3.8) is 0 Å². The smallest absolute Gasteiger partial charge is 0.166 e. The fourth-order valence-electron chi connectivity index (χ4n) is 1.42. The van der Waals surface area contributed by atoms with Crippen LogP contribution in [0.3, 0.4) is 0 Å². The van der Waals surface area contributed by atoms with Crippen LogP contribution in [-0.4, -0.2) is 0 Å². The lowest BCUT2D eigenvalue weighted by atomic mass is 9.93. The van der Waals surface area contributed by atoms with E-state index in [0.29, 0.717) is 12.0 Å². The maximum Gasteiger partial charge on any atom is 0.416 e. The summed E-state index contributed by atoms with van der Waals surface area (Å²) in [6.07, 6.45) is -3.66. The molecule has 1 aromatic carbocycles. The molecule has 4 heteroatoms. The van der Waals surface area contributed by atoms with E-state index in [0.717, 1.165) is 6.07 Å². The van der Waals surface area contributed by atoms with Crippen molar-refractivity contribution in [2.75, 3.05) is 0 Å². The van der Waals surface area contributed by atoms with Crippen LogP contribution < -0.4 is 0 Å². The molecule has 0 heterocycles. The molecule has 0 saturated heterocycles. The van der Waals surface area contributed by atoms with Gasteiger partial charge in [-0.05, 0) is 30.0 Å². The number of benzene rings is 1. The Labute approximate surface area is 92.1 Å². The molecule has 1 aromatic rings. The highest BCUT2D eigenvalue weighted by Gasteiger charge is 2.34. The van der Waals surface area contributed by atoms with Crippen molar-refractivity contribution in [2.45, 2.75) is 32.4 Å². The molecule has 0 spiro atoms. The van der Waals surface area contributed by atoms with Gasteiger partial charge >= 0.3 is 6.18 Å². The second-order valence-electron chi connectivity index (χ2n) is 3.54.